The molecular formula is C22H22ClFN4O2. The molecule has 2 aromatic carbocycles. The number of rotatable bonds is 5. The number of aromatic nitrogens is 3. The summed E-state index contributed by atoms with van der Waals surface area (Å²) in [5.41, 5.74) is 2.51. The third-order valence-electron chi connectivity index (χ3n) is 5.14. The zero-order valence-electron chi connectivity index (χ0n) is 16.6. The Bertz CT molecular complexity index is 1080. The first-order valence-corrected chi connectivity index (χ1v) is 10.3. The van der Waals surface area contributed by atoms with Crippen molar-refractivity contribution in [2.75, 3.05) is 11.9 Å². The molecule has 0 saturated carbocycles. The molecule has 8 heteroatoms. The third kappa shape index (κ3) is 4.46. The molecular weight excluding hydrogens is 407 g/mol. The van der Waals surface area contributed by atoms with Crippen molar-refractivity contribution < 1.29 is 13.9 Å². The molecule has 4 rings (SSSR count). The van der Waals surface area contributed by atoms with Gasteiger partial charge < -0.3 is 14.6 Å². The van der Waals surface area contributed by atoms with Crippen molar-refractivity contribution in [2.45, 2.75) is 39.2 Å². The molecule has 6 nitrogen and oxygen atoms in total. The highest BCUT2D eigenvalue weighted by Gasteiger charge is 2.17. The van der Waals surface area contributed by atoms with Gasteiger partial charge in [-0.05, 0) is 43.5 Å². The number of hydrogen-bond donors (Lipinski definition) is 1. The Morgan fingerprint density at radius 3 is 2.90 bits per heavy atom. The molecule has 0 unspecified atom stereocenters. The van der Waals surface area contributed by atoms with E-state index in [-0.39, 0.29) is 17.5 Å². The van der Waals surface area contributed by atoms with Gasteiger partial charge in [0.05, 0.1) is 5.02 Å². The van der Waals surface area contributed by atoms with Gasteiger partial charge in [0.1, 0.15) is 17.4 Å². The Labute approximate surface area is 179 Å². The minimum absolute atomic E-state index is 0.0520. The number of nitrogens with zero attached hydrogens (tertiary/aromatic N) is 3. The quantitative estimate of drug-likeness (QED) is 0.634. The molecule has 0 aliphatic carbocycles. The summed E-state index contributed by atoms with van der Waals surface area (Å²) in [4.78, 5) is 12.4. The highest BCUT2D eigenvalue weighted by Crippen LogP contribution is 2.27. The van der Waals surface area contributed by atoms with Crippen LogP contribution in [0.3, 0.4) is 0 Å². The van der Waals surface area contributed by atoms with E-state index in [9.17, 15) is 9.18 Å². The highest BCUT2D eigenvalue weighted by atomic mass is 35.5. The fraction of sp³-hybridized carbons (Fsp3) is 0.318. The van der Waals surface area contributed by atoms with E-state index < -0.39 is 5.82 Å². The maximum Gasteiger partial charge on any atom is 0.262 e. The summed E-state index contributed by atoms with van der Waals surface area (Å²) in [7, 11) is 0. The maximum absolute atomic E-state index is 13.2. The van der Waals surface area contributed by atoms with Gasteiger partial charge in [-0.25, -0.2) is 4.39 Å². The van der Waals surface area contributed by atoms with Crippen molar-refractivity contribution in [2.24, 2.45) is 0 Å². The lowest BCUT2D eigenvalue weighted by Gasteiger charge is -2.12. The van der Waals surface area contributed by atoms with Gasteiger partial charge in [-0.1, -0.05) is 30.2 Å². The third-order valence-corrected chi connectivity index (χ3v) is 5.43. The Kier molecular flexibility index (Phi) is 5.99. The number of carbonyl (C=O) groups is 1. The number of anilines is 1. The highest BCUT2D eigenvalue weighted by molar-refractivity contribution is 6.30. The number of aryl methyl sites for hydroxylation is 2. The van der Waals surface area contributed by atoms with Crippen molar-refractivity contribution in [1.82, 2.24) is 14.8 Å². The van der Waals surface area contributed by atoms with Crippen LogP contribution in [0.5, 0.6) is 5.75 Å². The molecule has 1 N–H and O–H groups in total. The minimum atomic E-state index is -0.535. The molecule has 1 aliphatic heterocycles. The van der Waals surface area contributed by atoms with Crippen LogP contribution in [-0.2, 0) is 17.8 Å². The van der Waals surface area contributed by atoms with Crippen LogP contribution < -0.4 is 10.1 Å². The van der Waals surface area contributed by atoms with Gasteiger partial charge in [0.15, 0.2) is 12.4 Å². The number of hydrogen-bond acceptors (Lipinski definition) is 4. The molecule has 156 valence electrons. The summed E-state index contributed by atoms with van der Waals surface area (Å²) < 4.78 is 20.8. The van der Waals surface area contributed by atoms with Crippen LogP contribution in [0.4, 0.5) is 10.1 Å². The van der Waals surface area contributed by atoms with E-state index in [1.165, 1.54) is 24.6 Å². The zero-order chi connectivity index (χ0) is 21.1. The number of fused-ring (bicyclic) bond motifs is 1. The standard InChI is InChI=1S/C22H22ClFN4O2/c1-14-6-7-15(22-27-26-20-5-3-2-4-10-28(20)22)11-19(14)25-21(29)13-30-16-8-9-18(24)17(23)12-16/h6-9,11-12H,2-5,10,13H2,1H3,(H,25,29). The van der Waals surface area contributed by atoms with Crippen LogP contribution >= 0.6 is 11.6 Å². The predicted molar refractivity (Wildman–Crippen MR) is 113 cm³/mol. The number of benzene rings is 2. The first kappa shape index (κ1) is 20.3. The molecule has 1 amide bonds. The summed E-state index contributed by atoms with van der Waals surface area (Å²) >= 11 is 5.74. The topological polar surface area (TPSA) is 69.0 Å². The molecule has 0 radical (unpaired) electrons. The van der Waals surface area contributed by atoms with Crippen molar-refractivity contribution >= 4 is 23.2 Å². The SMILES string of the molecule is Cc1ccc(-c2nnc3n2CCCCC3)cc1NC(=O)COc1ccc(F)c(Cl)c1. The van der Waals surface area contributed by atoms with Crippen LogP contribution in [0, 0.1) is 12.7 Å². The fourth-order valence-corrected chi connectivity index (χ4v) is 3.67. The average molecular weight is 429 g/mol. The van der Waals surface area contributed by atoms with Crippen molar-refractivity contribution in [3.8, 4) is 17.1 Å². The van der Waals surface area contributed by atoms with E-state index in [1.807, 2.05) is 25.1 Å². The van der Waals surface area contributed by atoms with Gasteiger partial charge in [-0.2, -0.15) is 0 Å². The lowest BCUT2D eigenvalue weighted by Crippen LogP contribution is -2.20. The van der Waals surface area contributed by atoms with Crippen LogP contribution in [0.2, 0.25) is 5.02 Å². The minimum Gasteiger partial charge on any atom is -0.484 e. The Morgan fingerprint density at radius 1 is 1.20 bits per heavy atom. The first-order chi connectivity index (χ1) is 14.5. The largest absolute Gasteiger partial charge is 0.484 e. The van der Waals surface area contributed by atoms with Gasteiger partial charge >= 0.3 is 0 Å². The summed E-state index contributed by atoms with van der Waals surface area (Å²) in [5, 5.41) is 11.6. The molecule has 0 fully saturated rings. The zero-order valence-corrected chi connectivity index (χ0v) is 17.4. The summed E-state index contributed by atoms with van der Waals surface area (Å²) in [6.07, 6.45) is 4.37. The Balaban J connectivity index is 1.48. The van der Waals surface area contributed by atoms with Gasteiger partial charge in [-0.3, -0.25) is 4.79 Å². The molecule has 0 atom stereocenters. The van der Waals surface area contributed by atoms with E-state index in [0.29, 0.717) is 11.4 Å². The monoisotopic (exact) mass is 428 g/mol. The first-order valence-electron chi connectivity index (χ1n) is 9.92. The number of amides is 1. The van der Waals surface area contributed by atoms with Crippen molar-refractivity contribution in [3.05, 3.63) is 58.6 Å². The normalized spacial score (nSPS) is 13.4. The van der Waals surface area contributed by atoms with E-state index >= 15 is 0 Å². The molecule has 0 spiro atoms. The molecule has 3 aromatic rings. The second kappa shape index (κ2) is 8.83. The second-order valence-electron chi connectivity index (χ2n) is 7.34. The Hall–Kier alpha value is -2.93. The van der Waals surface area contributed by atoms with Gasteiger partial charge in [0.2, 0.25) is 0 Å². The molecule has 0 bridgehead atoms. The molecule has 2 heterocycles. The van der Waals surface area contributed by atoms with Gasteiger partial charge in [0, 0.05) is 30.3 Å². The predicted octanol–water partition coefficient (Wildman–Crippen LogP) is 4.79. The number of ether oxygens (including phenoxy) is 1. The molecule has 0 saturated heterocycles. The number of carbonyl (C=O) groups excluding carboxylic acids is 1. The number of nitrogens with one attached hydrogen (secondary N) is 1. The maximum atomic E-state index is 13.2. The smallest absolute Gasteiger partial charge is 0.262 e. The van der Waals surface area contributed by atoms with E-state index in [4.69, 9.17) is 16.3 Å². The summed E-state index contributed by atoms with van der Waals surface area (Å²) in [6, 6.07) is 9.81. The van der Waals surface area contributed by atoms with Crippen LogP contribution in [-0.4, -0.2) is 27.3 Å². The van der Waals surface area contributed by atoms with E-state index in [0.717, 1.165) is 48.6 Å². The van der Waals surface area contributed by atoms with Gasteiger partial charge in [0.25, 0.3) is 5.91 Å². The second-order valence-corrected chi connectivity index (χ2v) is 7.75. The summed E-state index contributed by atoms with van der Waals surface area (Å²) in [6.45, 7) is 2.61. The summed E-state index contributed by atoms with van der Waals surface area (Å²) in [5.74, 6) is 1.30. The number of halogens is 2. The van der Waals surface area contributed by atoms with Crippen molar-refractivity contribution in [1.29, 1.82) is 0 Å². The molecule has 1 aromatic heterocycles. The van der Waals surface area contributed by atoms with E-state index in [2.05, 4.69) is 20.1 Å². The molecule has 30 heavy (non-hydrogen) atoms. The fourth-order valence-electron chi connectivity index (χ4n) is 3.50. The molecule has 1 aliphatic rings. The lowest BCUT2D eigenvalue weighted by molar-refractivity contribution is -0.118. The Morgan fingerprint density at radius 2 is 2.07 bits per heavy atom. The van der Waals surface area contributed by atoms with Gasteiger partial charge in [-0.15, -0.1) is 10.2 Å². The van der Waals surface area contributed by atoms with Crippen molar-refractivity contribution in [3.63, 3.8) is 0 Å². The van der Waals surface area contributed by atoms with Crippen LogP contribution in [0.15, 0.2) is 36.4 Å². The average Bonchev–Trinajstić information content (AvgIpc) is 2.98. The van der Waals surface area contributed by atoms with Crippen LogP contribution in [0.25, 0.3) is 11.4 Å². The van der Waals surface area contributed by atoms with E-state index in [1.54, 1.807) is 0 Å². The lowest BCUT2D eigenvalue weighted by atomic mass is 10.1. The van der Waals surface area contributed by atoms with Crippen LogP contribution in [0.1, 0.15) is 30.7 Å².